The fourth-order valence-corrected chi connectivity index (χ4v) is 2.33. The van der Waals surface area contributed by atoms with E-state index in [1.54, 1.807) is 0 Å². The van der Waals surface area contributed by atoms with Crippen molar-refractivity contribution in [2.45, 2.75) is 45.6 Å². The van der Waals surface area contributed by atoms with Gasteiger partial charge in [0.05, 0.1) is 0 Å². The summed E-state index contributed by atoms with van der Waals surface area (Å²) in [6.45, 7) is 9.74. The predicted octanol–water partition coefficient (Wildman–Crippen LogP) is 1.86. The molecule has 0 spiro atoms. The van der Waals surface area contributed by atoms with Gasteiger partial charge in [0, 0.05) is 26.1 Å². The summed E-state index contributed by atoms with van der Waals surface area (Å²) >= 11 is 0. The number of ether oxygens (including phenoxy) is 1. The molecule has 88 valence electrons. The van der Waals surface area contributed by atoms with E-state index >= 15 is 0 Å². The van der Waals surface area contributed by atoms with Gasteiger partial charge in [0.2, 0.25) is 0 Å². The summed E-state index contributed by atoms with van der Waals surface area (Å²) in [5, 5.41) is 0. The Morgan fingerprint density at radius 3 is 2.27 bits per heavy atom. The molecule has 0 aliphatic carbocycles. The molecule has 1 aliphatic heterocycles. The van der Waals surface area contributed by atoms with Crippen LogP contribution in [-0.2, 0) is 9.53 Å². The number of rotatable bonds is 5. The van der Waals surface area contributed by atoms with Crippen LogP contribution in [0.3, 0.4) is 0 Å². The second-order valence-electron chi connectivity index (χ2n) is 4.14. The first kappa shape index (κ1) is 12.7. The maximum Gasteiger partial charge on any atom is 0.164 e. The third kappa shape index (κ3) is 2.79. The van der Waals surface area contributed by atoms with Gasteiger partial charge in [-0.05, 0) is 26.3 Å². The summed E-state index contributed by atoms with van der Waals surface area (Å²) in [7, 11) is 0. The van der Waals surface area contributed by atoms with E-state index in [0.717, 1.165) is 32.5 Å². The minimum atomic E-state index is -0.463. The number of carbonyl (C=O) groups is 1. The highest BCUT2D eigenvalue weighted by Crippen LogP contribution is 2.28. The number of Topliss-reactive ketones (excluding diaryl/α,β-unsaturated/α-hetero) is 1. The Morgan fingerprint density at radius 2 is 1.87 bits per heavy atom. The maximum atomic E-state index is 11.9. The molecule has 0 aromatic rings. The molecule has 1 saturated heterocycles. The molecule has 0 amide bonds. The van der Waals surface area contributed by atoms with Crippen LogP contribution in [0.2, 0.25) is 0 Å². The molecule has 0 unspecified atom stereocenters. The number of likely N-dealkylation sites (tertiary alicyclic amines) is 1. The molecule has 0 atom stereocenters. The first-order valence-electron chi connectivity index (χ1n) is 6.08. The fraction of sp³-hybridized carbons (Fsp3) is 0.917. The lowest BCUT2D eigenvalue weighted by Crippen LogP contribution is -2.51. The van der Waals surface area contributed by atoms with E-state index in [1.165, 1.54) is 0 Å². The molecule has 1 rings (SSSR count). The highest BCUT2D eigenvalue weighted by molar-refractivity contribution is 5.87. The monoisotopic (exact) mass is 213 g/mol. The highest BCUT2D eigenvalue weighted by atomic mass is 16.5. The molecule has 1 aliphatic rings. The van der Waals surface area contributed by atoms with Crippen molar-refractivity contribution in [3.05, 3.63) is 0 Å². The minimum absolute atomic E-state index is 0.278. The van der Waals surface area contributed by atoms with Gasteiger partial charge in [0.25, 0.3) is 0 Å². The van der Waals surface area contributed by atoms with E-state index in [-0.39, 0.29) is 5.78 Å². The van der Waals surface area contributed by atoms with Crippen molar-refractivity contribution >= 4 is 5.78 Å². The smallest absolute Gasteiger partial charge is 0.164 e. The number of hydrogen-bond donors (Lipinski definition) is 0. The van der Waals surface area contributed by atoms with E-state index in [9.17, 15) is 4.79 Å². The first-order chi connectivity index (χ1) is 7.18. The van der Waals surface area contributed by atoms with E-state index in [0.29, 0.717) is 13.0 Å². The standard InChI is InChI=1S/C12H23NO2/c1-4-11(14)12(15-6-3)7-9-13(5-2)10-8-12/h4-10H2,1-3H3. The predicted molar refractivity (Wildman–Crippen MR) is 61.0 cm³/mol. The van der Waals surface area contributed by atoms with Gasteiger partial charge < -0.3 is 9.64 Å². The van der Waals surface area contributed by atoms with Crippen LogP contribution in [-0.4, -0.2) is 42.5 Å². The lowest BCUT2D eigenvalue weighted by atomic mass is 9.85. The molecule has 3 heteroatoms. The van der Waals surface area contributed by atoms with E-state index < -0.39 is 5.60 Å². The zero-order valence-corrected chi connectivity index (χ0v) is 10.2. The average molecular weight is 213 g/mol. The Balaban J connectivity index is 2.64. The topological polar surface area (TPSA) is 29.5 Å². The quantitative estimate of drug-likeness (QED) is 0.698. The maximum absolute atomic E-state index is 11.9. The molecule has 0 aromatic carbocycles. The molecule has 0 N–H and O–H groups in total. The van der Waals surface area contributed by atoms with Crippen LogP contribution < -0.4 is 0 Å². The van der Waals surface area contributed by atoms with Crippen LogP contribution in [0.5, 0.6) is 0 Å². The molecular weight excluding hydrogens is 190 g/mol. The largest absolute Gasteiger partial charge is 0.367 e. The summed E-state index contributed by atoms with van der Waals surface area (Å²) in [5.74, 6) is 0.278. The van der Waals surface area contributed by atoms with Crippen molar-refractivity contribution < 1.29 is 9.53 Å². The molecule has 15 heavy (non-hydrogen) atoms. The van der Waals surface area contributed by atoms with Crippen molar-refractivity contribution in [3.63, 3.8) is 0 Å². The Hall–Kier alpha value is -0.410. The normalized spacial score (nSPS) is 21.5. The van der Waals surface area contributed by atoms with Crippen molar-refractivity contribution in [3.8, 4) is 0 Å². The number of ketones is 1. The van der Waals surface area contributed by atoms with Crippen LogP contribution in [0.1, 0.15) is 40.0 Å². The highest BCUT2D eigenvalue weighted by Gasteiger charge is 2.40. The Labute approximate surface area is 92.8 Å². The van der Waals surface area contributed by atoms with Gasteiger partial charge in [0.1, 0.15) is 5.60 Å². The summed E-state index contributed by atoms with van der Waals surface area (Å²) in [6, 6.07) is 0. The van der Waals surface area contributed by atoms with Crippen molar-refractivity contribution in [1.82, 2.24) is 4.90 Å². The third-order valence-electron chi connectivity index (χ3n) is 3.36. The zero-order chi connectivity index (χ0) is 11.3. The van der Waals surface area contributed by atoms with E-state index in [4.69, 9.17) is 4.74 Å². The lowest BCUT2D eigenvalue weighted by Gasteiger charge is -2.40. The molecule has 0 bridgehead atoms. The number of nitrogens with zero attached hydrogens (tertiary/aromatic N) is 1. The lowest BCUT2D eigenvalue weighted by molar-refractivity contribution is -0.150. The zero-order valence-electron chi connectivity index (χ0n) is 10.2. The molecular formula is C12H23NO2. The van der Waals surface area contributed by atoms with Crippen molar-refractivity contribution in [1.29, 1.82) is 0 Å². The first-order valence-corrected chi connectivity index (χ1v) is 6.08. The Bertz CT molecular complexity index is 208. The SMILES string of the molecule is CCOC1(C(=O)CC)CCN(CC)CC1. The average Bonchev–Trinajstić information content (AvgIpc) is 2.29. The number of hydrogen-bond acceptors (Lipinski definition) is 3. The van der Waals surface area contributed by atoms with Crippen LogP contribution in [0.25, 0.3) is 0 Å². The van der Waals surface area contributed by atoms with E-state index in [1.807, 2.05) is 13.8 Å². The second-order valence-corrected chi connectivity index (χ2v) is 4.14. The summed E-state index contributed by atoms with van der Waals surface area (Å²) < 4.78 is 5.74. The summed E-state index contributed by atoms with van der Waals surface area (Å²) in [6.07, 6.45) is 2.31. The van der Waals surface area contributed by atoms with Gasteiger partial charge >= 0.3 is 0 Å². The minimum Gasteiger partial charge on any atom is -0.367 e. The summed E-state index contributed by atoms with van der Waals surface area (Å²) in [4.78, 5) is 14.3. The Morgan fingerprint density at radius 1 is 1.27 bits per heavy atom. The molecule has 0 saturated carbocycles. The number of piperidine rings is 1. The van der Waals surface area contributed by atoms with Crippen LogP contribution >= 0.6 is 0 Å². The van der Waals surface area contributed by atoms with E-state index in [2.05, 4.69) is 11.8 Å². The van der Waals surface area contributed by atoms with Gasteiger partial charge in [-0.15, -0.1) is 0 Å². The van der Waals surface area contributed by atoms with Crippen molar-refractivity contribution in [2.24, 2.45) is 0 Å². The third-order valence-corrected chi connectivity index (χ3v) is 3.36. The summed E-state index contributed by atoms with van der Waals surface area (Å²) in [5.41, 5.74) is -0.463. The molecule has 1 fully saturated rings. The molecule has 1 heterocycles. The van der Waals surface area contributed by atoms with Crippen LogP contribution in [0.4, 0.5) is 0 Å². The molecule has 0 aromatic heterocycles. The van der Waals surface area contributed by atoms with Gasteiger partial charge in [-0.1, -0.05) is 13.8 Å². The second kappa shape index (κ2) is 5.61. The van der Waals surface area contributed by atoms with Gasteiger partial charge in [0.15, 0.2) is 5.78 Å². The van der Waals surface area contributed by atoms with Crippen LogP contribution in [0.15, 0.2) is 0 Å². The number of carbonyl (C=O) groups excluding carboxylic acids is 1. The van der Waals surface area contributed by atoms with Gasteiger partial charge in [-0.2, -0.15) is 0 Å². The fourth-order valence-electron chi connectivity index (χ4n) is 2.33. The molecule has 0 radical (unpaired) electrons. The molecule has 3 nitrogen and oxygen atoms in total. The van der Waals surface area contributed by atoms with Crippen LogP contribution in [0, 0.1) is 0 Å². The Kier molecular flexibility index (Phi) is 4.74. The van der Waals surface area contributed by atoms with Crippen molar-refractivity contribution in [2.75, 3.05) is 26.2 Å². The van der Waals surface area contributed by atoms with Gasteiger partial charge in [-0.3, -0.25) is 4.79 Å². The van der Waals surface area contributed by atoms with Gasteiger partial charge in [-0.25, -0.2) is 0 Å².